The van der Waals surface area contributed by atoms with E-state index in [-0.39, 0.29) is 28.5 Å². The standard InChI is InChI=1S/C10H13FO.C6H5FO/c1-10(2,3)8-6-7(11)4-5-9(8)12;7-5-1-3-6(8)4-2-5/h4-6,12H,1-3H3;1-4,8H. The van der Waals surface area contributed by atoms with E-state index in [1.54, 1.807) is 0 Å². The van der Waals surface area contributed by atoms with Crippen molar-refractivity contribution in [3.8, 4) is 11.5 Å². The number of hydrogen-bond donors (Lipinski definition) is 2. The largest absolute Gasteiger partial charge is 0.508 e. The Morgan fingerprint density at radius 2 is 1.30 bits per heavy atom. The van der Waals surface area contributed by atoms with Crippen LogP contribution in [0.15, 0.2) is 42.5 Å². The predicted molar refractivity (Wildman–Crippen MR) is 74.8 cm³/mol. The molecule has 0 saturated carbocycles. The molecule has 0 bridgehead atoms. The zero-order chi connectivity index (χ0) is 15.3. The Hall–Kier alpha value is -2.10. The number of phenols is 2. The first-order valence-electron chi connectivity index (χ1n) is 6.13. The van der Waals surface area contributed by atoms with Gasteiger partial charge in [0.2, 0.25) is 0 Å². The molecule has 0 amide bonds. The highest BCUT2D eigenvalue weighted by atomic mass is 19.1. The number of hydrogen-bond acceptors (Lipinski definition) is 2. The van der Waals surface area contributed by atoms with Crippen molar-refractivity contribution in [2.45, 2.75) is 26.2 Å². The smallest absolute Gasteiger partial charge is 0.123 e. The first kappa shape index (κ1) is 16.0. The van der Waals surface area contributed by atoms with Gasteiger partial charge in [0, 0.05) is 5.56 Å². The SMILES string of the molecule is CC(C)(C)c1cc(F)ccc1O.Oc1ccc(F)cc1. The number of phenolic OH excluding ortho intramolecular Hbond substituents is 2. The fraction of sp³-hybridized carbons (Fsp3) is 0.250. The van der Waals surface area contributed by atoms with Gasteiger partial charge < -0.3 is 10.2 Å². The van der Waals surface area contributed by atoms with Gasteiger partial charge in [0.15, 0.2) is 0 Å². The van der Waals surface area contributed by atoms with Crippen molar-refractivity contribution in [2.75, 3.05) is 0 Å². The van der Waals surface area contributed by atoms with Crippen LogP contribution in [0.5, 0.6) is 11.5 Å². The Balaban J connectivity index is 0.000000217. The maximum atomic E-state index is 12.8. The molecule has 0 atom stereocenters. The van der Waals surface area contributed by atoms with Gasteiger partial charge in [-0.05, 0) is 47.9 Å². The molecule has 0 aliphatic carbocycles. The van der Waals surface area contributed by atoms with Crippen LogP contribution in [0.4, 0.5) is 8.78 Å². The lowest BCUT2D eigenvalue weighted by Crippen LogP contribution is -2.11. The van der Waals surface area contributed by atoms with Gasteiger partial charge in [-0.3, -0.25) is 0 Å². The van der Waals surface area contributed by atoms with E-state index in [0.717, 1.165) is 0 Å². The third-order valence-corrected chi connectivity index (χ3v) is 2.59. The van der Waals surface area contributed by atoms with E-state index < -0.39 is 0 Å². The van der Waals surface area contributed by atoms with E-state index >= 15 is 0 Å². The lowest BCUT2D eigenvalue weighted by atomic mass is 9.86. The van der Waals surface area contributed by atoms with Crippen LogP contribution in [-0.2, 0) is 5.41 Å². The van der Waals surface area contributed by atoms with E-state index in [1.165, 1.54) is 42.5 Å². The third kappa shape index (κ3) is 4.88. The van der Waals surface area contributed by atoms with Gasteiger partial charge in [0.1, 0.15) is 23.1 Å². The monoisotopic (exact) mass is 280 g/mol. The Labute approximate surface area is 117 Å². The van der Waals surface area contributed by atoms with E-state index in [9.17, 15) is 13.9 Å². The quantitative estimate of drug-likeness (QED) is 0.752. The van der Waals surface area contributed by atoms with Crippen LogP contribution < -0.4 is 0 Å². The lowest BCUT2D eigenvalue weighted by Gasteiger charge is -2.19. The second-order valence-electron chi connectivity index (χ2n) is 5.39. The van der Waals surface area contributed by atoms with Crippen molar-refractivity contribution >= 4 is 0 Å². The molecule has 20 heavy (non-hydrogen) atoms. The molecule has 2 rings (SSSR count). The summed E-state index contributed by atoms with van der Waals surface area (Å²) >= 11 is 0. The average Bonchev–Trinajstić information content (AvgIpc) is 2.35. The minimum atomic E-state index is -0.331. The molecule has 0 unspecified atom stereocenters. The molecule has 4 heteroatoms. The van der Waals surface area contributed by atoms with Crippen molar-refractivity contribution < 1.29 is 19.0 Å². The van der Waals surface area contributed by atoms with Crippen LogP contribution in [-0.4, -0.2) is 10.2 Å². The van der Waals surface area contributed by atoms with E-state index in [0.29, 0.717) is 5.56 Å². The van der Waals surface area contributed by atoms with Crippen LogP contribution in [0.3, 0.4) is 0 Å². The van der Waals surface area contributed by atoms with Gasteiger partial charge in [0.05, 0.1) is 0 Å². The highest BCUT2D eigenvalue weighted by Gasteiger charge is 2.18. The van der Waals surface area contributed by atoms with E-state index in [2.05, 4.69) is 0 Å². The number of halogens is 2. The molecular weight excluding hydrogens is 262 g/mol. The zero-order valence-corrected chi connectivity index (χ0v) is 11.7. The fourth-order valence-corrected chi connectivity index (χ4v) is 1.55. The molecule has 0 aromatic heterocycles. The molecule has 108 valence electrons. The molecule has 2 N–H and O–H groups in total. The van der Waals surface area contributed by atoms with Crippen LogP contribution in [0.2, 0.25) is 0 Å². The number of aromatic hydroxyl groups is 2. The maximum absolute atomic E-state index is 12.8. The summed E-state index contributed by atoms with van der Waals surface area (Å²) in [4.78, 5) is 0. The second-order valence-corrected chi connectivity index (χ2v) is 5.39. The summed E-state index contributed by atoms with van der Waals surface area (Å²) in [5, 5.41) is 18.0. The van der Waals surface area contributed by atoms with Crippen molar-refractivity contribution in [3.05, 3.63) is 59.7 Å². The molecule has 0 radical (unpaired) electrons. The van der Waals surface area contributed by atoms with Gasteiger partial charge in [-0.25, -0.2) is 8.78 Å². The molecule has 0 spiro atoms. The topological polar surface area (TPSA) is 40.5 Å². The van der Waals surface area contributed by atoms with Crippen LogP contribution in [0, 0.1) is 11.6 Å². The fourth-order valence-electron chi connectivity index (χ4n) is 1.55. The van der Waals surface area contributed by atoms with Gasteiger partial charge in [0.25, 0.3) is 0 Å². The van der Waals surface area contributed by atoms with Crippen molar-refractivity contribution in [1.29, 1.82) is 0 Å². The molecular formula is C16H18F2O2. The normalized spacial score (nSPS) is 10.7. The predicted octanol–water partition coefficient (Wildman–Crippen LogP) is 4.36. The first-order valence-corrected chi connectivity index (χ1v) is 6.13. The highest BCUT2D eigenvalue weighted by molar-refractivity contribution is 5.37. The molecule has 0 aliphatic rings. The van der Waals surface area contributed by atoms with Crippen LogP contribution in [0.25, 0.3) is 0 Å². The lowest BCUT2D eigenvalue weighted by molar-refractivity contribution is 0.443. The Morgan fingerprint density at radius 3 is 1.70 bits per heavy atom. The molecule has 2 aromatic carbocycles. The van der Waals surface area contributed by atoms with Crippen molar-refractivity contribution in [2.24, 2.45) is 0 Å². The summed E-state index contributed by atoms with van der Waals surface area (Å²) in [6.45, 7) is 5.80. The molecule has 0 saturated heterocycles. The van der Waals surface area contributed by atoms with Gasteiger partial charge in [-0.2, -0.15) is 0 Å². The van der Waals surface area contributed by atoms with Gasteiger partial charge in [-0.1, -0.05) is 20.8 Å². The molecule has 0 fully saturated rings. The number of benzene rings is 2. The zero-order valence-electron chi connectivity index (χ0n) is 11.7. The van der Waals surface area contributed by atoms with E-state index in [1.807, 2.05) is 20.8 Å². The highest BCUT2D eigenvalue weighted by Crippen LogP contribution is 2.30. The van der Waals surface area contributed by atoms with Crippen molar-refractivity contribution in [3.63, 3.8) is 0 Å². The average molecular weight is 280 g/mol. The Morgan fingerprint density at radius 1 is 0.800 bits per heavy atom. The third-order valence-electron chi connectivity index (χ3n) is 2.59. The second kappa shape index (κ2) is 6.37. The summed E-state index contributed by atoms with van der Waals surface area (Å²) in [5.74, 6) is -0.393. The summed E-state index contributed by atoms with van der Waals surface area (Å²) in [6, 6.07) is 9.02. The summed E-state index contributed by atoms with van der Waals surface area (Å²) in [7, 11) is 0. The van der Waals surface area contributed by atoms with Gasteiger partial charge in [-0.15, -0.1) is 0 Å². The maximum Gasteiger partial charge on any atom is 0.123 e. The minimum absolute atomic E-state index is 0.0893. The first-order chi connectivity index (χ1) is 9.20. The van der Waals surface area contributed by atoms with Crippen molar-refractivity contribution in [1.82, 2.24) is 0 Å². The Bertz CT molecular complexity index is 537. The molecule has 2 nitrogen and oxygen atoms in total. The summed E-state index contributed by atoms with van der Waals surface area (Å²) < 4.78 is 24.7. The van der Waals surface area contributed by atoms with Gasteiger partial charge >= 0.3 is 0 Å². The minimum Gasteiger partial charge on any atom is -0.508 e. The summed E-state index contributed by atoms with van der Waals surface area (Å²) in [5.41, 5.74) is 0.425. The molecule has 2 aromatic rings. The van der Waals surface area contributed by atoms with E-state index in [4.69, 9.17) is 5.11 Å². The van der Waals surface area contributed by atoms with Crippen LogP contribution in [0.1, 0.15) is 26.3 Å². The summed E-state index contributed by atoms with van der Waals surface area (Å²) in [6.07, 6.45) is 0. The molecule has 0 aliphatic heterocycles. The molecule has 0 heterocycles. The van der Waals surface area contributed by atoms with Crippen LogP contribution >= 0.6 is 0 Å². The Kier molecular flexibility index (Phi) is 5.08. The number of rotatable bonds is 0.